The Morgan fingerprint density at radius 1 is 1.00 bits per heavy atom. The molecule has 2 saturated carbocycles. The van der Waals surface area contributed by atoms with E-state index in [1.807, 2.05) is 24.3 Å². The van der Waals surface area contributed by atoms with Gasteiger partial charge >= 0.3 is 6.03 Å². The quantitative estimate of drug-likeness (QED) is 0.398. The van der Waals surface area contributed by atoms with E-state index in [0.717, 1.165) is 37.8 Å². The topological polar surface area (TPSA) is 122 Å². The number of benzene rings is 2. The molecule has 0 saturated heterocycles. The maximum atomic E-state index is 12.8. The molecule has 2 aromatic heterocycles. The number of phenolic OH excluding ortho intramolecular Hbond substituents is 1. The largest absolute Gasteiger partial charge is 0.507 e. The molecule has 9 heteroatoms. The second-order valence-electron chi connectivity index (χ2n) is 9.15. The Labute approximate surface area is 201 Å². The smallest absolute Gasteiger partial charge is 0.342 e. The number of aromatic hydroxyl groups is 1. The van der Waals surface area contributed by atoms with Gasteiger partial charge in [-0.05, 0) is 56.0 Å². The van der Waals surface area contributed by atoms with Crippen molar-refractivity contribution in [3.63, 3.8) is 0 Å². The summed E-state index contributed by atoms with van der Waals surface area (Å²) in [5.74, 6) is -0.173. The number of aromatic nitrogens is 4. The Morgan fingerprint density at radius 2 is 1.80 bits per heavy atom. The third-order valence-electron chi connectivity index (χ3n) is 6.57. The van der Waals surface area contributed by atoms with E-state index in [2.05, 4.69) is 25.7 Å². The molecule has 6 rings (SSSR count). The monoisotopic (exact) mass is 468 g/mol. The average Bonchev–Trinajstić information content (AvgIpc) is 3.54. The number of amides is 2. The van der Waals surface area contributed by atoms with Crippen LogP contribution in [-0.4, -0.2) is 42.8 Å². The van der Waals surface area contributed by atoms with Crippen LogP contribution in [0.1, 0.15) is 54.2 Å². The number of rotatable bonds is 5. The van der Waals surface area contributed by atoms with Gasteiger partial charge in [-0.15, -0.1) is 0 Å². The van der Waals surface area contributed by atoms with Crippen molar-refractivity contribution in [3.8, 4) is 17.0 Å². The molecular formula is C26H24N6O3. The summed E-state index contributed by atoms with van der Waals surface area (Å²) in [6.45, 7) is 0. The van der Waals surface area contributed by atoms with Crippen LogP contribution in [-0.2, 0) is 0 Å². The minimum Gasteiger partial charge on any atom is -0.507 e. The highest BCUT2D eigenvalue weighted by Gasteiger charge is 2.30. The first-order valence-corrected chi connectivity index (χ1v) is 11.8. The first-order chi connectivity index (χ1) is 17.0. The molecule has 2 amide bonds. The third kappa shape index (κ3) is 4.21. The zero-order valence-corrected chi connectivity index (χ0v) is 18.9. The molecule has 4 aromatic rings. The van der Waals surface area contributed by atoms with Crippen LogP contribution >= 0.6 is 0 Å². The normalized spacial score (nSPS) is 15.5. The van der Waals surface area contributed by atoms with Gasteiger partial charge in [-0.1, -0.05) is 18.6 Å². The summed E-state index contributed by atoms with van der Waals surface area (Å²) in [7, 11) is 0. The van der Waals surface area contributed by atoms with E-state index in [9.17, 15) is 14.7 Å². The van der Waals surface area contributed by atoms with Gasteiger partial charge in [-0.25, -0.2) is 9.78 Å². The molecule has 2 aliphatic carbocycles. The fraction of sp³-hybridized carbons (Fsp3) is 0.269. The number of nitrogens with zero attached hydrogens (tertiary/aromatic N) is 4. The summed E-state index contributed by atoms with van der Waals surface area (Å²) >= 11 is 0. The Kier molecular flexibility index (Phi) is 5.17. The van der Waals surface area contributed by atoms with Crippen LogP contribution in [0.15, 0.2) is 54.7 Å². The molecule has 2 aromatic carbocycles. The minimum absolute atomic E-state index is 0.0418. The molecule has 2 aliphatic rings. The van der Waals surface area contributed by atoms with Gasteiger partial charge in [0.1, 0.15) is 11.4 Å². The summed E-state index contributed by atoms with van der Waals surface area (Å²) in [6, 6.07) is 14.0. The molecule has 2 heterocycles. The molecule has 0 atom stereocenters. The molecular weight excluding hydrogens is 444 g/mol. The summed E-state index contributed by atoms with van der Waals surface area (Å²) in [5.41, 5.74) is 3.81. The minimum atomic E-state index is -0.427. The SMILES string of the molecule is O=C(Nc1ccc(-c2cc(C3CCC3)n(C(=O)NC3CC3)n2)c(O)c1)c1cnc2ccccc2n1. The fourth-order valence-corrected chi connectivity index (χ4v) is 4.24. The van der Waals surface area contributed by atoms with E-state index < -0.39 is 5.91 Å². The molecule has 0 radical (unpaired) electrons. The Hall–Kier alpha value is -4.27. The molecule has 0 bridgehead atoms. The maximum absolute atomic E-state index is 12.8. The lowest BCUT2D eigenvalue weighted by molar-refractivity contribution is 0.102. The van der Waals surface area contributed by atoms with Crippen molar-refractivity contribution in [2.45, 2.75) is 44.1 Å². The number of para-hydroxylation sites is 2. The van der Waals surface area contributed by atoms with Gasteiger partial charge in [0.15, 0.2) is 0 Å². The van der Waals surface area contributed by atoms with Crippen molar-refractivity contribution in [1.29, 1.82) is 0 Å². The lowest BCUT2D eigenvalue weighted by Gasteiger charge is -2.25. The zero-order valence-electron chi connectivity index (χ0n) is 18.9. The Morgan fingerprint density at radius 3 is 2.51 bits per heavy atom. The molecule has 3 N–H and O–H groups in total. The Bertz CT molecular complexity index is 1450. The highest BCUT2D eigenvalue weighted by molar-refractivity contribution is 6.03. The molecule has 0 aliphatic heterocycles. The third-order valence-corrected chi connectivity index (χ3v) is 6.57. The van der Waals surface area contributed by atoms with Crippen molar-refractivity contribution in [3.05, 3.63) is 66.1 Å². The molecule has 9 nitrogen and oxygen atoms in total. The fourth-order valence-electron chi connectivity index (χ4n) is 4.24. The second kappa shape index (κ2) is 8.50. The summed E-state index contributed by atoms with van der Waals surface area (Å²) < 4.78 is 1.45. The zero-order chi connectivity index (χ0) is 23.9. The van der Waals surface area contributed by atoms with Crippen molar-refractivity contribution in [1.82, 2.24) is 25.1 Å². The van der Waals surface area contributed by atoms with E-state index in [0.29, 0.717) is 33.9 Å². The highest BCUT2D eigenvalue weighted by Crippen LogP contribution is 2.39. The summed E-state index contributed by atoms with van der Waals surface area (Å²) in [5, 5.41) is 21.0. The molecule has 2 fully saturated rings. The maximum Gasteiger partial charge on any atom is 0.342 e. The van der Waals surface area contributed by atoms with Gasteiger partial charge in [0, 0.05) is 29.3 Å². The number of hydrogen-bond acceptors (Lipinski definition) is 6. The first kappa shape index (κ1) is 21.3. The predicted molar refractivity (Wildman–Crippen MR) is 130 cm³/mol. The van der Waals surface area contributed by atoms with Gasteiger partial charge in [0.2, 0.25) is 0 Å². The van der Waals surface area contributed by atoms with Gasteiger partial charge in [0.05, 0.1) is 28.6 Å². The van der Waals surface area contributed by atoms with E-state index >= 15 is 0 Å². The number of anilines is 1. The predicted octanol–water partition coefficient (Wildman–Crippen LogP) is 4.44. The van der Waals surface area contributed by atoms with Crippen molar-refractivity contribution < 1.29 is 14.7 Å². The number of fused-ring (bicyclic) bond motifs is 1. The van der Waals surface area contributed by atoms with Crippen LogP contribution in [0.4, 0.5) is 10.5 Å². The molecule has 35 heavy (non-hydrogen) atoms. The number of phenols is 1. The van der Waals surface area contributed by atoms with Crippen molar-refractivity contribution in [2.75, 3.05) is 5.32 Å². The first-order valence-electron chi connectivity index (χ1n) is 11.8. The van der Waals surface area contributed by atoms with Crippen molar-refractivity contribution in [2.24, 2.45) is 0 Å². The van der Waals surface area contributed by atoms with E-state index in [1.165, 1.54) is 16.9 Å². The van der Waals surface area contributed by atoms with Gasteiger partial charge in [-0.3, -0.25) is 9.78 Å². The van der Waals surface area contributed by atoms with Gasteiger partial charge < -0.3 is 15.7 Å². The van der Waals surface area contributed by atoms with E-state index in [1.54, 1.807) is 18.2 Å². The van der Waals surface area contributed by atoms with Crippen LogP contribution in [0.25, 0.3) is 22.3 Å². The van der Waals surface area contributed by atoms with Crippen LogP contribution in [0.3, 0.4) is 0 Å². The second-order valence-corrected chi connectivity index (χ2v) is 9.15. The molecule has 176 valence electrons. The Balaban J connectivity index is 1.24. The number of nitrogens with one attached hydrogen (secondary N) is 2. The van der Waals surface area contributed by atoms with E-state index in [-0.39, 0.29) is 23.5 Å². The van der Waals surface area contributed by atoms with Crippen molar-refractivity contribution >= 4 is 28.7 Å². The standard InChI is InChI=1S/C26H24N6O3/c33-24-12-17(28-25(34)22-14-27-19-6-1-2-7-20(19)30-22)10-11-18(24)21-13-23(15-4-3-5-15)32(31-21)26(35)29-16-8-9-16/h1-2,6-7,10-16,33H,3-5,8-9H2,(H,28,34)(H,29,35). The van der Waals surface area contributed by atoms with Crippen LogP contribution in [0.5, 0.6) is 5.75 Å². The highest BCUT2D eigenvalue weighted by atomic mass is 16.3. The average molecular weight is 469 g/mol. The van der Waals surface area contributed by atoms with Crippen LogP contribution in [0.2, 0.25) is 0 Å². The lowest BCUT2D eigenvalue weighted by Crippen LogP contribution is -2.33. The lowest BCUT2D eigenvalue weighted by atomic mass is 9.82. The van der Waals surface area contributed by atoms with Crippen LogP contribution in [0, 0.1) is 0 Å². The van der Waals surface area contributed by atoms with E-state index in [4.69, 9.17) is 0 Å². The number of carbonyl (C=O) groups excluding carboxylic acids is 2. The summed E-state index contributed by atoms with van der Waals surface area (Å²) in [6.07, 6.45) is 6.60. The number of carbonyl (C=O) groups is 2. The molecule has 0 unspecified atom stereocenters. The number of hydrogen-bond donors (Lipinski definition) is 3. The molecule has 0 spiro atoms. The van der Waals surface area contributed by atoms with Gasteiger partial charge in [-0.2, -0.15) is 9.78 Å². The van der Waals surface area contributed by atoms with Crippen LogP contribution < -0.4 is 10.6 Å². The summed E-state index contributed by atoms with van der Waals surface area (Å²) in [4.78, 5) is 34.1. The van der Waals surface area contributed by atoms with Gasteiger partial charge in [0.25, 0.3) is 5.91 Å².